The Labute approximate surface area is 151 Å². The Balaban J connectivity index is 1.71. The monoisotopic (exact) mass is 345 g/mol. The van der Waals surface area contributed by atoms with E-state index in [1.54, 1.807) is 6.07 Å². The van der Waals surface area contributed by atoms with E-state index >= 15 is 0 Å². The molecule has 130 valence electrons. The van der Waals surface area contributed by atoms with Gasteiger partial charge in [-0.3, -0.25) is 4.79 Å². The van der Waals surface area contributed by atoms with Gasteiger partial charge in [-0.15, -0.1) is 0 Å². The summed E-state index contributed by atoms with van der Waals surface area (Å²) in [5, 5.41) is 14.1. The number of carbonyl (C=O) groups is 2. The van der Waals surface area contributed by atoms with Gasteiger partial charge in [0.25, 0.3) is 0 Å². The van der Waals surface area contributed by atoms with Gasteiger partial charge in [-0.2, -0.15) is 0 Å². The van der Waals surface area contributed by atoms with E-state index in [1.807, 2.05) is 66.7 Å². The number of hydrogen-bond donors (Lipinski definition) is 2. The minimum atomic E-state index is -0.962. The molecular weight excluding hydrogens is 326 g/mol. The molecule has 0 saturated heterocycles. The molecule has 0 unspecified atom stereocenters. The topological polar surface area (TPSA) is 66.4 Å². The number of carboxylic acids is 1. The zero-order valence-corrected chi connectivity index (χ0v) is 14.1. The van der Waals surface area contributed by atoms with Crippen molar-refractivity contribution >= 4 is 22.5 Å². The maximum Gasteiger partial charge on any atom is 0.326 e. The van der Waals surface area contributed by atoms with Crippen LogP contribution in [0.5, 0.6) is 0 Å². The molecular formula is C22H19NO3. The number of carboxylic acid groups (broad SMARTS) is 1. The molecule has 3 aromatic carbocycles. The zero-order valence-electron chi connectivity index (χ0n) is 14.1. The van der Waals surface area contributed by atoms with Crippen molar-refractivity contribution in [3.05, 3.63) is 96.2 Å². The maximum atomic E-state index is 12.5. The standard InChI is InChI=1S/C22H19NO3/c24-21(19-12-6-10-17-9-4-5-11-18(17)19)13-14-23-20(22(25)26)15-16-7-2-1-3-8-16/h1-14,20,23H,15H2,(H,25,26)/b14-13-/t20-/m1/s1. The van der Waals surface area contributed by atoms with Gasteiger partial charge < -0.3 is 10.4 Å². The molecule has 0 radical (unpaired) electrons. The molecule has 0 aliphatic carbocycles. The number of allylic oxidation sites excluding steroid dienone is 1. The second-order valence-electron chi connectivity index (χ2n) is 5.97. The molecule has 26 heavy (non-hydrogen) atoms. The number of carbonyl (C=O) groups excluding carboxylic acids is 1. The first-order chi connectivity index (χ1) is 12.6. The third kappa shape index (κ3) is 4.16. The Hall–Kier alpha value is -3.40. The summed E-state index contributed by atoms with van der Waals surface area (Å²) in [7, 11) is 0. The number of rotatable bonds is 7. The van der Waals surface area contributed by atoms with Gasteiger partial charge in [0.2, 0.25) is 0 Å². The lowest BCUT2D eigenvalue weighted by Crippen LogP contribution is -2.35. The highest BCUT2D eigenvalue weighted by molar-refractivity contribution is 6.13. The Morgan fingerprint density at radius 2 is 1.62 bits per heavy atom. The third-order valence-corrected chi connectivity index (χ3v) is 4.17. The molecule has 0 aliphatic heterocycles. The van der Waals surface area contributed by atoms with Crippen LogP contribution in [0, 0.1) is 0 Å². The minimum absolute atomic E-state index is 0.168. The van der Waals surface area contributed by atoms with E-state index in [-0.39, 0.29) is 5.78 Å². The number of fused-ring (bicyclic) bond motifs is 1. The van der Waals surface area contributed by atoms with Crippen LogP contribution in [0.2, 0.25) is 0 Å². The molecule has 0 aliphatic rings. The first-order valence-corrected chi connectivity index (χ1v) is 8.36. The number of nitrogens with one attached hydrogen (secondary N) is 1. The highest BCUT2D eigenvalue weighted by atomic mass is 16.4. The molecule has 0 bridgehead atoms. The van der Waals surface area contributed by atoms with Crippen molar-refractivity contribution in [3.8, 4) is 0 Å². The highest BCUT2D eigenvalue weighted by Gasteiger charge is 2.16. The first-order valence-electron chi connectivity index (χ1n) is 8.36. The van der Waals surface area contributed by atoms with Crippen LogP contribution in [-0.4, -0.2) is 22.9 Å². The third-order valence-electron chi connectivity index (χ3n) is 4.17. The average molecular weight is 345 g/mol. The maximum absolute atomic E-state index is 12.5. The molecule has 0 amide bonds. The molecule has 0 heterocycles. The van der Waals surface area contributed by atoms with E-state index < -0.39 is 12.0 Å². The van der Waals surface area contributed by atoms with Gasteiger partial charge in [0.05, 0.1) is 0 Å². The summed E-state index contributed by atoms with van der Waals surface area (Å²) in [6, 6.07) is 21.8. The zero-order chi connectivity index (χ0) is 18.4. The number of benzene rings is 3. The van der Waals surface area contributed by atoms with Crippen molar-refractivity contribution in [1.82, 2.24) is 5.32 Å². The minimum Gasteiger partial charge on any atom is -0.480 e. The highest BCUT2D eigenvalue weighted by Crippen LogP contribution is 2.19. The van der Waals surface area contributed by atoms with E-state index in [0.29, 0.717) is 12.0 Å². The quantitative estimate of drug-likeness (QED) is 0.505. The van der Waals surface area contributed by atoms with E-state index in [0.717, 1.165) is 16.3 Å². The van der Waals surface area contributed by atoms with Crippen LogP contribution in [0.1, 0.15) is 15.9 Å². The summed E-state index contributed by atoms with van der Waals surface area (Å²) in [5.41, 5.74) is 1.51. The van der Waals surface area contributed by atoms with E-state index in [9.17, 15) is 14.7 Å². The van der Waals surface area contributed by atoms with E-state index in [4.69, 9.17) is 0 Å². The molecule has 0 fully saturated rings. The van der Waals surface area contributed by atoms with Gasteiger partial charge in [-0.05, 0) is 16.3 Å². The predicted octanol–water partition coefficient (Wildman–Crippen LogP) is 3.82. The fraction of sp³-hybridized carbons (Fsp3) is 0.0909. The van der Waals surface area contributed by atoms with Crippen LogP contribution in [0.4, 0.5) is 0 Å². The molecule has 3 aromatic rings. The predicted molar refractivity (Wildman–Crippen MR) is 102 cm³/mol. The molecule has 1 atom stereocenters. The molecule has 2 N–H and O–H groups in total. The normalized spacial score (nSPS) is 12.2. The molecule has 3 rings (SSSR count). The van der Waals surface area contributed by atoms with Gasteiger partial charge in [-0.1, -0.05) is 72.8 Å². The summed E-state index contributed by atoms with van der Waals surface area (Å²) in [4.78, 5) is 23.9. The van der Waals surface area contributed by atoms with Gasteiger partial charge in [0.15, 0.2) is 5.78 Å². The first kappa shape index (κ1) is 17.4. The van der Waals surface area contributed by atoms with Crippen LogP contribution < -0.4 is 5.32 Å². The summed E-state index contributed by atoms with van der Waals surface area (Å²) in [5.74, 6) is -1.13. The van der Waals surface area contributed by atoms with Gasteiger partial charge >= 0.3 is 5.97 Å². The van der Waals surface area contributed by atoms with Gasteiger partial charge in [-0.25, -0.2) is 4.79 Å². The molecule has 0 aromatic heterocycles. The Morgan fingerprint density at radius 3 is 2.38 bits per heavy atom. The lowest BCUT2D eigenvalue weighted by atomic mass is 10.0. The molecule has 4 nitrogen and oxygen atoms in total. The van der Waals surface area contributed by atoms with Crippen molar-refractivity contribution < 1.29 is 14.7 Å². The molecule has 0 saturated carbocycles. The second-order valence-corrected chi connectivity index (χ2v) is 5.97. The lowest BCUT2D eigenvalue weighted by Gasteiger charge is -2.12. The van der Waals surface area contributed by atoms with Crippen LogP contribution in [0.3, 0.4) is 0 Å². The number of aliphatic carboxylic acids is 1. The largest absolute Gasteiger partial charge is 0.480 e. The van der Waals surface area contributed by atoms with Crippen molar-refractivity contribution in [2.45, 2.75) is 12.5 Å². The van der Waals surface area contributed by atoms with Crippen LogP contribution in [0.25, 0.3) is 10.8 Å². The Morgan fingerprint density at radius 1 is 0.923 bits per heavy atom. The van der Waals surface area contributed by atoms with Gasteiger partial charge in [0, 0.05) is 24.3 Å². The molecule has 4 heteroatoms. The van der Waals surface area contributed by atoms with Crippen LogP contribution in [-0.2, 0) is 11.2 Å². The number of ketones is 1. The molecule has 0 spiro atoms. The summed E-state index contributed by atoms with van der Waals surface area (Å²) in [6.07, 6.45) is 3.14. The van der Waals surface area contributed by atoms with Crippen molar-refractivity contribution in [1.29, 1.82) is 0 Å². The van der Waals surface area contributed by atoms with E-state index in [2.05, 4.69) is 5.32 Å². The summed E-state index contributed by atoms with van der Waals surface area (Å²) < 4.78 is 0. The smallest absolute Gasteiger partial charge is 0.326 e. The van der Waals surface area contributed by atoms with Crippen LogP contribution in [0.15, 0.2) is 85.1 Å². The lowest BCUT2D eigenvalue weighted by molar-refractivity contribution is -0.139. The van der Waals surface area contributed by atoms with Crippen molar-refractivity contribution in [2.75, 3.05) is 0 Å². The summed E-state index contributed by atoms with van der Waals surface area (Å²) >= 11 is 0. The van der Waals surface area contributed by atoms with Crippen LogP contribution >= 0.6 is 0 Å². The number of hydrogen-bond acceptors (Lipinski definition) is 3. The van der Waals surface area contributed by atoms with Crippen molar-refractivity contribution in [3.63, 3.8) is 0 Å². The summed E-state index contributed by atoms with van der Waals surface area (Å²) in [6.45, 7) is 0. The van der Waals surface area contributed by atoms with Crippen molar-refractivity contribution in [2.24, 2.45) is 0 Å². The Kier molecular flexibility index (Phi) is 5.44. The SMILES string of the molecule is O=C(/C=C\N[C@H](Cc1ccccc1)C(=O)O)c1cccc2ccccc12. The van der Waals surface area contributed by atoms with Gasteiger partial charge in [0.1, 0.15) is 6.04 Å². The second kappa shape index (κ2) is 8.12. The fourth-order valence-corrected chi connectivity index (χ4v) is 2.84. The van der Waals surface area contributed by atoms with E-state index in [1.165, 1.54) is 12.3 Å². The fourth-order valence-electron chi connectivity index (χ4n) is 2.84. The average Bonchev–Trinajstić information content (AvgIpc) is 2.67. The Bertz CT molecular complexity index is 943.